The second-order valence-electron chi connectivity index (χ2n) is 7.92. The molecule has 1 aromatic heterocycles. The number of methoxy groups -OCH3 is 3. The highest BCUT2D eigenvalue weighted by Crippen LogP contribution is 2.38. The largest absolute Gasteiger partial charge is 0.493 e. The van der Waals surface area contributed by atoms with Gasteiger partial charge in [-0.2, -0.15) is 0 Å². The Labute approximate surface area is 194 Å². The molecule has 0 radical (unpaired) electrons. The number of benzene rings is 2. The molecule has 0 saturated carbocycles. The predicted octanol–water partition coefficient (Wildman–Crippen LogP) is 3.64. The summed E-state index contributed by atoms with van der Waals surface area (Å²) in [6, 6.07) is 15.8. The lowest BCUT2D eigenvalue weighted by Crippen LogP contribution is -2.40. The van der Waals surface area contributed by atoms with E-state index >= 15 is 0 Å². The minimum atomic E-state index is -0.208. The van der Waals surface area contributed by atoms with Crippen LogP contribution in [0.4, 0.5) is 0 Å². The van der Waals surface area contributed by atoms with Gasteiger partial charge in [-0.25, -0.2) is 0 Å². The molecule has 1 aliphatic heterocycles. The van der Waals surface area contributed by atoms with Crippen LogP contribution >= 0.6 is 0 Å². The van der Waals surface area contributed by atoms with Crippen LogP contribution in [0.1, 0.15) is 33.1 Å². The van der Waals surface area contributed by atoms with Crippen LogP contribution in [0, 0.1) is 0 Å². The number of aromatic nitrogens is 1. The third-order valence-corrected chi connectivity index (χ3v) is 6.05. The SMILES string of the molecule is COc1cc(C(=O)NC[C@@H](c2cccnc2)N2CCc3ccccc3C2)cc(OC)c1OC. The number of hydrogen-bond donors (Lipinski definition) is 1. The topological polar surface area (TPSA) is 72.9 Å². The molecule has 2 heterocycles. The van der Waals surface area contributed by atoms with E-state index in [0.717, 1.165) is 25.1 Å². The molecule has 0 aliphatic carbocycles. The van der Waals surface area contributed by atoms with E-state index in [1.54, 1.807) is 18.3 Å². The molecule has 1 N–H and O–H groups in total. The fraction of sp³-hybridized carbons (Fsp3) is 0.308. The summed E-state index contributed by atoms with van der Waals surface area (Å²) in [6.07, 6.45) is 4.62. The monoisotopic (exact) mass is 447 g/mol. The second kappa shape index (κ2) is 10.4. The molecule has 7 heteroatoms. The van der Waals surface area contributed by atoms with E-state index in [1.807, 2.05) is 12.3 Å². The van der Waals surface area contributed by atoms with Gasteiger partial charge in [-0.1, -0.05) is 30.3 Å². The molecule has 0 spiro atoms. The molecule has 7 nitrogen and oxygen atoms in total. The van der Waals surface area contributed by atoms with Gasteiger partial charge in [0.15, 0.2) is 11.5 Å². The van der Waals surface area contributed by atoms with Crippen molar-refractivity contribution in [2.24, 2.45) is 0 Å². The van der Waals surface area contributed by atoms with Crippen LogP contribution in [0.5, 0.6) is 17.2 Å². The third kappa shape index (κ3) is 4.93. The van der Waals surface area contributed by atoms with Crippen molar-refractivity contribution >= 4 is 5.91 Å². The minimum Gasteiger partial charge on any atom is -0.493 e. The van der Waals surface area contributed by atoms with E-state index in [4.69, 9.17) is 14.2 Å². The van der Waals surface area contributed by atoms with Crippen LogP contribution in [0.15, 0.2) is 60.9 Å². The van der Waals surface area contributed by atoms with Crippen molar-refractivity contribution in [2.75, 3.05) is 34.4 Å². The highest BCUT2D eigenvalue weighted by Gasteiger charge is 2.26. The lowest BCUT2D eigenvalue weighted by Gasteiger charge is -2.36. The Kier molecular flexibility index (Phi) is 7.10. The van der Waals surface area contributed by atoms with E-state index in [9.17, 15) is 4.79 Å². The average Bonchev–Trinajstić information content (AvgIpc) is 2.88. The summed E-state index contributed by atoms with van der Waals surface area (Å²) in [5.41, 5.74) is 4.23. The van der Waals surface area contributed by atoms with Crippen molar-refractivity contribution in [3.8, 4) is 17.2 Å². The number of amides is 1. The van der Waals surface area contributed by atoms with E-state index in [0.29, 0.717) is 29.4 Å². The predicted molar refractivity (Wildman–Crippen MR) is 126 cm³/mol. The van der Waals surface area contributed by atoms with E-state index in [1.165, 1.54) is 32.5 Å². The molecule has 0 unspecified atom stereocenters. The molecule has 2 aromatic carbocycles. The van der Waals surface area contributed by atoms with Crippen molar-refractivity contribution in [3.63, 3.8) is 0 Å². The molecule has 172 valence electrons. The summed E-state index contributed by atoms with van der Waals surface area (Å²) < 4.78 is 16.1. The number of carbonyl (C=O) groups is 1. The zero-order chi connectivity index (χ0) is 23.2. The molecule has 1 aliphatic rings. The first-order valence-corrected chi connectivity index (χ1v) is 10.9. The zero-order valence-electron chi connectivity index (χ0n) is 19.2. The minimum absolute atomic E-state index is 0.00181. The first-order chi connectivity index (χ1) is 16.1. The maximum absolute atomic E-state index is 13.1. The molecule has 0 bridgehead atoms. The molecule has 3 aromatic rings. The van der Waals surface area contributed by atoms with Crippen LogP contribution in [-0.4, -0.2) is 50.2 Å². The van der Waals surface area contributed by atoms with Crippen LogP contribution in [-0.2, 0) is 13.0 Å². The Morgan fingerprint density at radius 3 is 2.39 bits per heavy atom. The lowest BCUT2D eigenvalue weighted by atomic mass is 9.97. The number of carbonyl (C=O) groups excluding carboxylic acids is 1. The fourth-order valence-corrected chi connectivity index (χ4v) is 4.32. The van der Waals surface area contributed by atoms with Gasteiger partial charge in [0, 0.05) is 37.6 Å². The van der Waals surface area contributed by atoms with Gasteiger partial charge in [0.1, 0.15) is 0 Å². The lowest BCUT2D eigenvalue weighted by molar-refractivity contribution is 0.0927. The Balaban J connectivity index is 1.55. The third-order valence-electron chi connectivity index (χ3n) is 6.05. The highest BCUT2D eigenvalue weighted by molar-refractivity contribution is 5.95. The molecule has 0 fully saturated rings. The number of pyridine rings is 1. The molecule has 1 amide bonds. The summed E-state index contributed by atoms with van der Waals surface area (Å²) >= 11 is 0. The summed E-state index contributed by atoms with van der Waals surface area (Å²) in [7, 11) is 4.60. The van der Waals surface area contributed by atoms with Gasteiger partial charge in [-0.3, -0.25) is 14.7 Å². The summed E-state index contributed by atoms with van der Waals surface area (Å²) in [6.45, 7) is 2.19. The van der Waals surface area contributed by atoms with Crippen molar-refractivity contribution in [3.05, 3.63) is 83.2 Å². The second-order valence-corrected chi connectivity index (χ2v) is 7.92. The molecule has 1 atom stereocenters. The normalized spacial score (nSPS) is 14.2. The van der Waals surface area contributed by atoms with Gasteiger partial charge < -0.3 is 19.5 Å². The van der Waals surface area contributed by atoms with Gasteiger partial charge in [0.2, 0.25) is 5.75 Å². The Bertz CT molecular complexity index is 1080. The quantitative estimate of drug-likeness (QED) is 0.569. The van der Waals surface area contributed by atoms with Gasteiger partial charge in [0.05, 0.1) is 27.4 Å². The summed E-state index contributed by atoms with van der Waals surface area (Å²) in [5, 5.41) is 3.10. The highest BCUT2D eigenvalue weighted by atomic mass is 16.5. The number of nitrogens with zero attached hydrogens (tertiary/aromatic N) is 2. The number of ether oxygens (including phenoxy) is 3. The zero-order valence-corrected chi connectivity index (χ0v) is 19.2. The number of rotatable bonds is 8. The molecule has 33 heavy (non-hydrogen) atoms. The van der Waals surface area contributed by atoms with Gasteiger partial charge in [0.25, 0.3) is 5.91 Å². The van der Waals surface area contributed by atoms with Crippen molar-refractivity contribution in [1.29, 1.82) is 0 Å². The standard InChI is InChI=1S/C26H29N3O4/c1-31-23-13-21(14-24(32-2)25(23)33-3)26(30)28-16-22(19-9-6-11-27-15-19)29-12-10-18-7-4-5-8-20(18)17-29/h4-9,11,13-15,22H,10,12,16-17H2,1-3H3,(H,28,30)/t22-/m0/s1. The number of fused-ring (bicyclic) bond motifs is 1. The Morgan fingerprint density at radius 2 is 1.76 bits per heavy atom. The molecular weight excluding hydrogens is 418 g/mol. The van der Waals surface area contributed by atoms with Crippen molar-refractivity contribution in [1.82, 2.24) is 15.2 Å². The fourth-order valence-electron chi connectivity index (χ4n) is 4.32. The Hall–Kier alpha value is -3.58. The molecule has 0 saturated heterocycles. The van der Waals surface area contributed by atoms with E-state index in [2.05, 4.69) is 45.5 Å². The van der Waals surface area contributed by atoms with Crippen LogP contribution in [0.2, 0.25) is 0 Å². The van der Waals surface area contributed by atoms with Crippen LogP contribution < -0.4 is 19.5 Å². The van der Waals surface area contributed by atoms with Gasteiger partial charge in [-0.05, 0) is 41.3 Å². The van der Waals surface area contributed by atoms with Crippen LogP contribution in [0.3, 0.4) is 0 Å². The first kappa shape index (κ1) is 22.6. The van der Waals surface area contributed by atoms with E-state index in [-0.39, 0.29) is 11.9 Å². The number of hydrogen-bond acceptors (Lipinski definition) is 6. The van der Waals surface area contributed by atoms with Gasteiger partial charge in [-0.15, -0.1) is 0 Å². The molecule has 4 rings (SSSR count). The Morgan fingerprint density at radius 1 is 1.03 bits per heavy atom. The summed E-state index contributed by atoms with van der Waals surface area (Å²) in [5.74, 6) is 1.13. The smallest absolute Gasteiger partial charge is 0.251 e. The maximum Gasteiger partial charge on any atom is 0.251 e. The first-order valence-electron chi connectivity index (χ1n) is 10.9. The van der Waals surface area contributed by atoms with E-state index < -0.39 is 0 Å². The van der Waals surface area contributed by atoms with Crippen LogP contribution in [0.25, 0.3) is 0 Å². The molecular formula is C26H29N3O4. The average molecular weight is 448 g/mol. The number of nitrogens with one attached hydrogen (secondary N) is 1. The van der Waals surface area contributed by atoms with Gasteiger partial charge >= 0.3 is 0 Å². The van der Waals surface area contributed by atoms with Crippen molar-refractivity contribution < 1.29 is 19.0 Å². The summed E-state index contributed by atoms with van der Waals surface area (Å²) in [4.78, 5) is 19.8. The van der Waals surface area contributed by atoms with Crippen molar-refractivity contribution in [2.45, 2.75) is 19.0 Å². The maximum atomic E-state index is 13.1.